The Balaban J connectivity index is 1.55. The van der Waals surface area contributed by atoms with Gasteiger partial charge in [-0.3, -0.25) is 4.79 Å². The van der Waals surface area contributed by atoms with Crippen molar-refractivity contribution >= 4 is 11.6 Å². The van der Waals surface area contributed by atoms with Gasteiger partial charge >= 0.3 is 0 Å². The number of nitrogens with one attached hydrogen (secondary N) is 1. The summed E-state index contributed by atoms with van der Waals surface area (Å²) in [5.74, 6) is 1.19. The zero-order valence-corrected chi connectivity index (χ0v) is 16.0. The van der Waals surface area contributed by atoms with Gasteiger partial charge in [0.15, 0.2) is 0 Å². The number of amides is 1. The molecule has 1 aromatic rings. The van der Waals surface area contributed by atoms with Crippen molar-refractivity contribution in [2.45, 2.75) is 45.6 Å². The Labute approximate surface area is 152 Å². The molecule has 2 heterocycles. The molecule has 0 saturated carbocycles. The molecule has 4 heteroatoms. The summed E-state index contributed by atoms with van der Waals surface area (Å²) in [7, 11) is 2.10. The third kappa shape index (κ3) is 4.75. The summed E-state index contributed by atoms with van der Waals surface area (Å²) in [6.45, 7) is 8.72. The highest BCUT2D eigenvalue weighted by atomic mass is 16.2. The Morgan fingerprint density at radius 1 is 1.12 bits per heavy atom. The lowest BCUT2D eigenvalue weighted by Gasteiger charge is -2.32. The van der Waals surface area contributed by atoms with Crippen LogP contribution in [0, 0.1) is 11.8 Å². The molecule has 0 radical (unpaired) electrons. The van der Waals surface area contributed by atoms with Gasteiger partial charge in [0, 0.05) is 25.3 Å². The second-order valence-corrected chi connectivity index (χ2v) is 8.09. The molecule has 1 aromatic carbocycles. The Kier molecular flexibility index (Phi) is 6.00. The van der Waals surface area contributed by atoms with Gasteiger partial charge in [0.2, 0.25) is 5.91 Å². The number of piperidine rings is 2. The lowest BCUT2D eigenvalue weighted by molar-refractivity contribution is -0.127. The van der Waals surface area contributed by atoms with E-state index in [0.717, 1.165) is 44.9 Å². The number of hydrogen-bond donors (Lipinski definition) is 1. The first kappa shape index (κ1) is 18.2. The molecule has 0 bridgehead atoms. The summed E-state index contributed by atoms with van der Waals surface area (Å²) >= 11 is 0. The maximum atomic E-state index is 12.5. The maximum Gasteiger partial charge on any atom is 0.224 e. The minimum absolute atomic E-state index is 0.0650. The molecule has 2 atom stereocenters. The fourth-order valence-corrected chi connectivity index (χ4v) is 4.04. The number of carbonyl (C=O) groups excluding carboxylic acids is 1. The first-order valence-corrected chi connectivity index (χ1v) is 9.86. The monoisotopic (exact) mass is 343 g/mol. The standard InChI is InChI=1S/C21H33N3O/c1-16-10-13-24(14-11-16)20-8-6-18(7-9-20)17(2)22-21(25)19-5-4-12-23(3)15-19/h6-9,16-17,19H,4-5,10-15H2,1-3H3,(H,22,25)/t17-,19+/m1/s1. The normalized spacial score (nSPS) is 24.1. The molecule has 0 aliphatic carbocycles. The van der Waals surface area contributed by atoms with E-state index in [1.807, 2.05) is 0 Å². The van der Waals surface area contributed by atoms with Crippen LogP contribution in [-0.4, -0.2) is 44.0 Å². The van der Waals surface area contributed by atoms with Gasteiger partial charge in [-0.1, -0.05) is 19.1 Å². The quantitative estimate of drug-likeness (QED) is 0.910. The molecule has 25 heavy (non-hydrogen) atoms. The Bertz CT molecular complexity index is 563. The Morgan fingerprint density at radius 3 is 2.44 bits per heavy atom. The summed E-state index contributed by atoms with van der Waals surface area (Å²) in [6, 6.07) is 8.83. The minimum atomic E-state index is 0.0650. The summed E-state index contributed by atoms with van der Waals surface area (Å²) < 4.78 is 0. The zero-order chi connectivity index (χ0) is 17.8. The van der Waals surface area contributed by atoms with Crippen molar-refractivity contribution in [2.24, 2.45) is 11.8 Å². The van der Waals surface area contributed by atoms with E-state index in [0.29, 0.717) is 0 Å². The van der Waals surface area contributed by atoms with Crippen LogP contribution in [0.5, 0.6) is 0 Å². The van der Waals surface area contributed by atoms with Crippen molar-refractivity contribution in [2.75, 3.05) is 38.1 Å². The van der Waals surface area contributed by atoms with Crippen molar-refractivity contribution in [3.63, 3.8) is 0 Å². The molecule has 2 saturated heterocycles. The highest BCUT2D eigenvalue weighted by Crippen LogP contribution is 2.25. The second kappa shape index (κ2) is 8.22. The van der Waals surface area contributed by atoms with Gasteiger partial charge in [0.25, 0.3) is 0 Å². The molecule has 1 amide bonds. The van der Waals surface area contributed by atoms with Crippen molar-refractivity contribution in [3.05, 3.63) is 29.8 Å². The predicted molar refractivity (Wildman–Crippen MR) is 104 cm³/mol. The largest absolute Gasteiger partial charge is 0.372 e. The Hall–Kier alpha value is -1.55. The van der Waals surface area contributed by atoms with E-state index in [2.05, 4.69) is 60.3 Å². The number of anilines is 1. The second-order valence-electron chi connectivity index (χ2n) is 8.09. The van der Waals surface area contributed by atoms with Crippen LogP contribution >= 0.6 is 0 Å². The van der Waals surface area contributed by atoms with Gasteiger partial charge in [0.1, 0.15) is 0 Å². The van der Waals surface area contributed by atoms with E-state index in [4.69, 9.17) is 0 Å². The smallest absolute Gasteiger partial charge is 0.224 e. The van der Waals surface area contributed by atoms with Gasteiger partial charge in [-0.25, -0.2) is 0 Å². The highest BCUT2D eigenvalue weighted by Gasteiger charge is 2.25. The van der Waals surface area contributed by atoms with Crippen molar-refractivity contribution in [1.29, 1.82) is 0 Å². The summed E-state index contributed by atoms with van der Waals surface area (Å²) in [5, 5.41) is 3.21. The van der Waals surface area contributed by atoms with E-state index in [1.54, 1.807) is 0 Å². The van der Waals surface area contributed by atoms with E-state index in [-0.39, 0.29) is 17.9 Å². The minimum Gasteiger partial charge on any atom is -0.372 e. The lowest BCUT2D eigenvalue weighted by Crippen LogP contribution is -2.42. The van der Waals surface area contributed by atoms with Gasteiger partial charge in [-0.15, -0.1) is 0 Å². The van der Waals surface area contributed by atoms with Crippen molar-refractivity contribution in [3.8, 4) is 0 Å². The topological polar surface area (TPSA) is 35.6 Å². The number of benzene rings is 1. The molecule has 4 nitrogen and oxygen atoms in total. The first-order valence-electron chi connectivity index (χ1n) is 9.86. The summed E-state index contributed by atoms with van der Waals surface area (Å²) in [5.41, 5.74) is 2.50. The fraction of sp³-hybridized carbons (Fsp3) is 0.667. The number of likely N-dealkylation sites (tertiary alicyclic amines) is 1. The number of rotatable bonds is 4. The SMILES string of the molecule is CC1CCN(c2ccc([C@@H](C)NC(=O)[C@H]3CCCN(C)C3)cc2)CC1. The molecule has 1 N–H and O–H groups in total. The summed E-state index contributed by atoms with van der Waals surface area (Å²) in [6.07, 6.45) is 4.69. The number of hydrogen-bond acceptors (Lipinski definition) is 3. The van der Waals surface area contributed by atoms with E-state index < -0.39 is 0 Å². The van der Waals surface area contributed by atoms with Gasteiger partial charge < -0.3 is 15.1 Å². The van der Waals surface area contributed by atoms with Crippen LogP contribution in [0.4, 0.5) is 5.69 Å². The van der Waals surface area contributed by atoms with E-state index in [1.165, 1.54) is 24.1 Å². The predicted octanol–water partition coefficient (Wildman–Crippen LogP) is 3.44. The van der Waals surface area contributed by atoms with Gasteiger partial charge in [0.05, 0.1) is 12.0 Å². The summed E-state index contributed by atoms with van der Waals surface area (Å²) in [4.78, 5) is 17.3. The van der Waals surface area contributed by atoms with Crippen LogP contribution in [0.15, 0.2) is 24.3 Å². The average Bonchev–Trinajstić information content (AvgIpc) is 2.62. The lowest BCUT2D eigenvalue weighted by atomic mass is 9.96. The molecule has 138 valence electrons. The number of carbonyl (C=O) groups is 1. The average molecular weight is 344 g/mol. The van der Waals surface area contributed by atoms with Crippen LogP contribution < -0.4 is 10.2 Å². The van der Waals surface area contributed by atoms with Crippen LogP contribution in [0.2, 0.25) is 0 Å². The first-order chi connectivity index (χ1) is 12.0. The third-order valence-electron chi connectivity index (χ3n) is 5.90. The molecule has 3 rings (SSSR count). The molecular weight excluding hydrogens is 310 g/mol. The molecule has 2 aliphatic rings. The van der Waals surface area contributed by atoms with Gasteiger partial charge in [-0.2, -0.15) is 0 Å². The fourth-order valence-electron chi connectivity index (χ4n) is 4.04. The van der Waals surface area contributed by atoms with Crippen LogP contribution in [0.1, 0.15) is 51.1 Å². The number of nitrogens with zero attached hydrogens (tertiary/aromatic N) is 2. The van der Waals surface area contributed by atoms with Crippen molar-refractivity contribution in [1.82, 2.24) is 10.2 Å². The molecule has 0 unspecified atom stereocenters. The van der Waals surface area contributed by atoms with E-state index >= 15 is 0 Å². The highest BCUT2D eigenvalue weighted by molar-refractivity contribution is 5.79. The molecule has 2 aliphatic heterocycles. The molecule has 0 aromatic heterocycles. The van der Waals surface area contributed by atoms with Crippen LogP contribution in [0.25, 0.3) is 0 Å². The van der Waals surface area contributed by atoms with Crippen LogP contribution in [-0.2, 0) is 4.79 Å². The van der Waals surface area contributed by atoms with Crippen molar-refractivity contribution < 1.29 is 4.79 Å². The molecule has 0 spiro atoms. The molecule has 2 fully saturated rings. The van der Waals surface area contributed by atoms with Crippen LogP contribution in [0.3, 0.4) is 0 Å². The zero-order valence-electron chi connectivity index (χ0n) is 16.0. The van der Waals surface area contributed by atoms with Gasteiger partial charge in [-0.05, 0) is 69.8 Å². The molecular formula is C21H33N3O. The third-order valence-corrected chi connectivity index (χ3v) is 5.90. The van der Waals surface area contributed by atoms with E-state index in [9.17, 15) is 4.79 Å². The Morgan fingerprint density at radius 2 is 1.80 bits per heavy atom. The maximum absolute atomic E-state index is 12.5.